The number of rotatable bonds is 1. The fraction of sp³-hybridized carbons (Fsp3) is 0.455. The third kappa shape index (κ3) is 2.86. The Hall–Kier alpha value is -0.740. The van der Waals surface area contributed by atoms with Gasteiger partial charge in [-0.05, 0) is 30.7 Å². The SMILES string of the molecule is Fc1ccc(N2CCCN(S)CC2)cc1. The molecular weight excluding hydrogens is 211 g/mol. The van der Waals surface area contributed by atoms with Gasteiger partial charge in [0, 0.05) is 31.9 Å². The summed E-state index contributed by atoms with van der Waals surface area (Å²) in [5.41, 5.74) is 1.10. The molecule has 1 fully saturated rings. The van der Waals surface area contributed by atoms with Gasteiger partial charge in [0.05, 0.1) is 0 Å². The second-order valence-electron chi connectivity index (χ2n) is 3.77. The van der Waals surface area contributed by atoms with Gasteiger partial charge in [-0.1, -0.05) is 12.8 Å². The predicted molar refractivity (Wildman–Crippen MR) is 63.8 cm³/mol. The lowest BCUT2D eigenvalue weighted by Crippen LogP contribution is -2.27. The zero-order chi connectivity index (χ0) is 10.7. The van der Waals surface area contributed by atoms with Crippen LogP contribution in [0.4, 0.5) is 10.1 Å². The molecule has 0 bridgehead atoms. The van der Waals surface area contributed by atoms with Crippen molar-refractivity contribution in [3.63, 3.8) is 0 Å². The van der Waals surface area contributed by atoms with Gasteiger partial charge in [-0.3, -0.25) is 4.31 Å². The predicted octanol–water partition coefficient (Wildman–Crippen LogP) is 2.18. The number of hydrogen-bond acceptors (Lipinski definition) is 3. The Morgan fingerprint density at radius 1 is 1.00 bits per heavy atom. The molecule has 0 N–H and O–H groups in total. The Morgan fingerprint density at radius 2 is 1.73 bits per heavy atom. The molecule has 1 aliphatic heterocycles. The van der Waals surface area contributed by atoms with Crippen LogP contribution in [0.5, 0.6) is 0 Å². The van der Waals surface area contributed by atoms with E-state index in [2.05, 4.69) is 17.7 Å². The lowest BCUT2D eigenvalue weighted by molar-refractivity contribution is 0.510. The molecule has 1 heterocycles. The third-order valence-corrected chi connectivity index (χ3v) is 3.06. The van der Waals surface area contributed by atoms with Crippen LogP contribution in [0.25, 0.3) is 0 Å². The van der Waals surface area contributed by atoms with Gasteiger partial charge in [-0.15, -0.1) is 0 Å². The van der Waals surface area contributed by atoms with Crippen molar-refractivity contribution in [3.8, 4) is 0 Å². The molecule has 0 radical (unpaired) electrons. The van der Waals surface area contributed by atoms with Crippen molar-refractivity contribution in [1.82, 2.24) is 4.31 Å². The molecule has 1 aliphatic rings. The first-order valence-corrected chi connectivity index (χ1v) is 5.60. The van der Waals surface area contributed by atoms with Gasteiger partial charge in [0.15, 0.2) is 0 Å². The number of nitrogens with zero attached hydrogens (tertiary/aromatic N) is 2. The van der Waals surface area contributed by atoms with Crippen LogP contribution in [-0.2, 0) is 0 Å². The number of halogens is 1. The number of thiol groups is 1. The fourth-order valence-electron chi connectivity index (χ4n) is 1.81. The van der Waals surface area contributed by atoms with Crippen molar-refractivity contribution in [3.05, 3.63) is 30.1 Å². The lowest BCUT2D eigenvalue weighted by atomic mass is 10.2. The Morgan fingerprint density at radius 3 is 2.47 bits per heavy atom. The summed E-state index contributed by atoms with van der Waals surface area (Å²) in [7, 11) is 0. The van der Waals surface area contributed by atoms with Gasteiger partial charge >= 0.3 is 0 Å². The number of anilines is 1. The van der Waals surface area contributed by atoms with Crippen molar-refractivity contribution in [1.29, 1.82) is 0 Å². The molecule has 2 rings (SSSR count). The molecule has 0 saturated carbocycles. The Labute approximate surface area is 95.2 Å². The molecule has 0 unspecified atom stereocenters. The minimum Gasteiger partial charge on any atom is -0.370 e. The van der Waals surface area contributed by atoms with E-state index < -0.39 is 0 Å². The molecule has 4 heteroatoms. The molecule has 1 saturated heterocycles. The lowest BCUT2D eigenvalue weighted by Gasteiger charge is -2.22. The highest BCUT2D eigenvalue weighted by Gasteiger charge is 2.12. The van der Waals surface area contributed by atoms with Gasteiger partial charge in [-0.25, -0.2) is 4.39 Å². The maximum Gasteiger partial charge on any atom is 0.123 e. The quantitative estimate of drug-likeness (QED) is 0.733. The van der Waals surface area contributed by atoms with Crippen molar-refractivity contribution in [2.75, 3.05) is 31.1 Å². The summed E-state index contributed by atoms with van der Waals surface area (Å²) >= 11 is 4.35. The molecule has 1 aromatic carbocycles. The van der Waals surface area contributed by atoms with Gasteiger partial charge in [0.1, 0.15) is 5.82 Å². The Bertz CT molecular complexity index is 315. The van der Waals surface area contributed by atoms with Crippen molar-refractivity contribution >= 4 is 18.5 Å². The van der Waals surface area contributed by atoms with Crippen molar-refractivity contribution in [2.24, 2.45) is 0 Å². The van der Waals surface area contributed by atoms with Crippen LogP contribution in [-0.4, -0.2) is 30.5 Å². The van der Waals surface area contributed by atoms with E-state index in [1.165, 1.54) is 12.1 Å². The van der Waals surface area contributed by atoms with E-state index in [-0.39, 0.29) is 5.82 Å². The van der Waals surface area contributed by atoms with E-state index in [1.807, 2.05) is 16.4 Å². The third-order valence-electron chi connectivity index (χ3n) is 2.66. The standard InChI is InChI=1S/C11H15FN2S/c12-10-2-4-11(5-3-10)13-6-1-7-14(15)9-8-13/h2-5,15H,1,6-9H2. The first-order valence-electron chi connectivity index (χ1n) is 5.20. The molecule has 0 atom stereocenters. The van der Waals surface area contributed by atoms with Crippen LogP contribution in [0.15, 0.2) is 24.3 Å². The van der Waals surface area contributed by atoms with Gasteiger partial charge < -0.3 is 4.90 Å². The molecule has 0 aliphatic carbocycles. The first kappa shape index (κ1) is 10.8. The summed E-state index contributed by atoms with van der Waals surface area (Å²) in [5, 5.41) is 0. The average Bonchev–Trinajstić information content (AvgIpc) is 2.44. The zero-order valence-electron chi connectivity index (χ0n) is 8.56. The van der Waals surface area contributed by atoms with E-state index in [9.17, 15) is 4.39 Å². The molecule has 0 spiro atoms. The molecule has 82 valence electrons. The molecule has 0 aromatic heterocycles. The molecule has 1 aromatic rings. The van der Waals surface area contributed by atoms with Crippen molar-refractivity contribution in [2.45, 2.75) is 6.42 Å². The van der Waals surface area contributed by atoms with E-state index >= 15 is 0 Å². The second-order valence-corrected chi connectivity index (χ2v) is 4.34. The summed E-state index contributed by atoms with van der Waals surface area (Å²) < 4.78 is 14.8. The highest BCUT2D eigenvalue weighted by molar-refractivity contribution is 7.77. The minimum absolute atomic E-state index is 0.176. The van der Waals surface area contributed by atoms with Crippen LogP contribution in [0.2, 0.25) is 0 Å². The highest BCUT2D eigenvalue weighted by atomic mass is 32.1. The van der Waals surface area contributed by atoms with E-state index in [0.29, 0.717) is 0 Å². The van der Waals surface area contributed by atoms with E-state index in [0.717, 1.165) is 38.3 Å². The Kier molecular flexibility index (Phi) is 3.49. The summed E-state index contributed by atoms with van der Waals surface area (Å²) in [4.78, 5) is 2.27. The first-order chi connectivity index (χ1) is 7.25. The maximum atomic E-state index is 12.8. The molecule has 15 heavy (non-hydrogen) atoms. The van der Waals surface area contributed by atoms with Crippen LogP contribution >= 0.6 is 12.8 Å². The molecular formula is C11H15FN2S. The summed E-state index contributed by atoms with van der Waals surface area (Å²) in [6.45, 7) is 3.93. The summed E-state index contributed by atoms with van der Waals surface area (Å²) in [6.07, 6.45) is 1.10. The second kappa shape index (κ2) is 4.86. The topological polar surface area (TPSA) is 6.48 Å². The van der Waals surface area contributed by atoms with Crippen LogP contribution in [0.3, 0.4) is 0 Å². The molecule has 2 nitrogen and oxygen atoms in total. The largest absolute Gasteiger partial charge is 0.370 e. The Balaban J connectivity index is 2.06. The van der Waals surface area contributed by atoms with Gasteiger partial charge in [0.25, 0.3) is 0 Å². The minimum atomic E-state index is -0.176. The maximum absolute atomic E-state index is 12.8. The van der Waals surface area contributed by atoms with Crippen LogP contribution < -0.4 is 4.90 Å². The monoisotopic (exact) mass is 226 g/mol. The zero-order valence-corrected chi connectivity index (χ0v) is 9.46. The summed E-state index contributed by atoms with van der Waals surface area (Å²) in [6, 6.07) is 6.70. The van der Waals surface area contributed by atoms with Gasteiger partial charge in [-0.2, -0.15) is 0 Å². The normalized spacial score (nSPS) is 18.9. The van der Waals surface area contributed by atoms with E-state index in [1.54, 1.807) is 0 Å². The number of benzene rings is 1. The molecule has 0 amide bonds. The summed E-state index contributed by atoms with van der Waals surface area (Å²) in [5.74, 6) is -0.176. The number of hydrogen-bond donors (Lipinski definition) is 1. The van der Waals surface area contributed by atoms with Gasteiger partial charge in [0.2, 0.25) is 0 Å². The highest BCUT2D eigenvalue weighted by Crippen LogP contribution is 2.17. The fourth-order valence-corrected chi connectivity index (χ4v) is 2.04. The van der Waals surface area contributed by atoms with Crippen LogP contribution in [0, 0.1) is 5.82 Å². The van der Waals surface area contributed by atoms with E-state index in [4.69, 9.17) is 0 Å². The average molecular weight is 226 g/mol. The van der Waals surface area contributed by atoms with Crippen LogP contribution in [0.1, 0.15) is 6.42 Å². The smallest absolute Gasteiger partial charge is 0.123 e. The van der Waals surface area contributed by atoms with Crippen molar-refractivity contribution < 1.29 is 4.39 Å².